The van der Waals surface area contributed by atoms with Crippen LogP contribution in [0.5, 0.6) is 0 Å². The molecule has 0 aliphatic carbocycles. The molecule has 8 rings (SSSR count). The predicted molar refractivity (Wildman–Crippen MR) is 184 cm³/mol. The van der Waals surface area contributed by atoms with E-state index in [0.29, 0.717) is 35.6 Å². The van der Waals surface area contributed by atoms with Gasteiger partial charge in [0, 0.05) is 74.4 Å². The molecule has 0 spiro atoms. The molecule has 0 atom stereocenters. The minimum absolute atomic E-state index is 0. The molecule has 0 amide bonds. The van der Waals surface area contributed by atoms with Crippen LogP contribution >= 0.6 is 0 Å². The van der Waals surface area contributed by atoms with E-state index >= 15 is 0 Å². The summed E-state index contributed by atoms with van der Waals surface area (Å²) >= 11 is 0. The molecule has 51 heavy (non-hydrogen) atoms. The van der Waals surface area contributed by atoms with E-state index in [0.717, 1.165) is 17.1 Å². The zero-order valence-corrected chi connectivity index (χ0v) is 28.6. The van der Waals surface area contributed by atoms with Crippen molar-refractivity contribution in [2.75, 3.05) is 26.2 Å². The molecule has 0 unspecified atom stereocenters. The largest absolute Gasteiger partial charge is 0.477 e. The van der Waals surface area contributed by atoms with E-state index in [1.165, 1.54) is 48.5 Å². The number of anilines is 8. The second kappa shape index (κ2) is 16.1. The summed E-state index contributed by atoms with van der Waals surface area (Å²) in [5.74, 6) is 1.06. The normalized spacial score (nSPS) is 13.1. The standard InChI is InChI=1S/C19H16F2N4O.C17H10F2N4.CH4.Ir/c1-2-26-19-24(15-7-3-13(20)4-8-15)17-18(23-12-11-22-17)25(19)16-9-5-14(21)6-10-16;18-12-1-5-14(6-2-12)22-11-23(15-7-3-13(19)4-8-15)17-16(22)20-9-10-21-17;;/h3-12,19H,2H2,1H3;1-7,9-11H;1H4;/q;-2;;. The van der Waals surface area contributed by atoms with Crippen LogP contribution in [0.4, 0.5) is 63.6 Å². The van der Waals surface area contributed by atoms with Crippen LogP contribution in [0.1, 0.15) is 14.4 Å². The summed E-state index contributed by atoms with van der Waals surface area (Å²) < 4.78 is 59.0. The van der Waals surface area contributed by atoms with Gasteiger partial charge in [-0.1, -0.05) is 7.43 Å². The van der Waals surface area contributed by atoms with E-state index in [1.807, 2.05) is 16.7 Å². The summed E-state index contributed by atoms with van der Waals surface area (Å²) in [7, 11) is 0. The Hall–Kier alpha value is -5.43. The first-order valence-corrected chi connectivity index (χ1v) is 15.1. The first-order valence-electron chi connectivity index (χ1n) is 15.1. The molecule has 0 fully saturated rings. The molecule has 14 heteroatoms. The topological polar surface area (TPSA) is 73.8 Å². The van der Waals surface area contributed by atoms with E-state index in [9.17, 15) is 17.6 Å². The van der Waals surface area contributed by atoms with Crippen molar-refractivity contribution in [3.05, 3.63) is 152 Å². The van der Waals surface area contributed by atoms with E-state index in [-0.39, 0.29) is 50.8 Å². The van der Waals surface area contributed by atoms with Gasteiger partial charge >= 0.3 is 0 Å². The summed E-state index contributed by atoms with van der Waals surface area (Å²) in [5.41, 5.74) is 2.82. The van der Waals surface area contributed by atoms with Crippen LogP contribution in [0.2, 0.25) is 0 Å². The molecule has 4 heterocycles. The Morgan fingerprint density at radius 1 is 0.588 bits per heavy atom. The number of nitrogens with zero attached hydrogens (tertiary/aromatic N) is 8. The molecule has 2 aromatic heterocycles. The van der Waals surface area contributed by atoms with E-state index in [1.54, 1.807) is 83.7 Å². The number of hydrogen-bond donors (Lipinski definition) is 0. The number of hydrogen-bond acceptors (Lipinski definition) is 9. The van der Waals surface area contributed by atoms with Crippen molar-refractivity contribution in [3.8, 4) is 0 Å². The SMILES string of the molecule is C.CCOC1N(c2ccc(F)cc2)c2nccnc2N1c1ccc(F)cc1.Fc1c[c-]c(N2[CH-]N(c3ccc(F)cc3)c3nccnc32)cc1.[Ir]. The summed E-state index contributed by atoms with van der Waals surface area (Å²) in [6.45, 7) is 4.09. The number of benzene rings is 4. The Bertz CT molecular complexity index is 1900. The molecule has 1 radical (unpaired) electrons. The van der Waals surface area contributed by atoms with Crippen molar-refractivity contribution in [3.63, 3.8) is 0 Å². The van der Waals surface area contributed by atoms with Crippen LogP contribution in [0.15, 0.2) is 116 Å². The third kappa shape index (κ3) is 7.53. The first kappa shape index (κ1) is 36.8. The molecular formula is C37H30F4IrN8O-2. The van der Waals surface area contributed by atoms with Crippen molar-refractivity contribution in [2.45, 2.75) is 20.7 Å². The number of rotatable bonds is 6. The molecular weight excluding hydrogens is 841 g/mol. The molecule has 0 saturated heterocycles. The number of halogens is 4. The molecule has 2 aliphatic rings. The van der Waals surface area contributed by atoms with Gasteiger partial charge in [-0.25, -0.2) is 33.1 Å². The minimum atomic E-state index is -0.576. The molecule has 263 valence electrons. The predicted octanol–water partition coefficient (Wildman–Crippen LogP) is 8.96. The minimum Gasteiger partial charge on any atom is -0.477 e. The molecule has 6 aromatic rings. The number of aromatic nitrogens is 4. The van der Waals surface area contributed by atoms with Crippen molar-refractivity contribution >= 4 is 46.0 Å². The molecule has 0 saturated carbocycles. The average Bonchev–Trinajstić information content (AvgIpc) is 3.67. The first-order chi connectivity index (χ1) is 23.9. The molecule has 0 bridgehead atoms. The van der Waals surface area contributed by atoms with Gasteiger partial charge in [-0.2, -0.15) is 6.07 Å². The van der Waals surface area contributed by atoms with Gasteiger partial charge < -0.3 is 14.5 Å². The van der Waals surface area contributed by atoms with Gasteiger partial charge in [-0.15, -0.1) is 30.6 Å². The van der Waals surface area contributed by atoms with Gasteiger partial charge in [0.25, 0.3) is 0 Å². The van der Waals surface area contributed by atoms with Gasteiger partial charge in [-0.3, -0.25) is 14.2 Å². The Balaban J connectivity index is 0.000000191. The van der Waals surface area contributed by atoms with Gasteiger partial charge in [0.05, 0.1) is 0 Å². The fourth-order valence-corrected chi connectivity index (χ4v) is 5.39. The molecule has 9 nitrogen and oxygen atoms in total. The second-order valence-electron chi connectivity index (χ2n) is 10.6. The zero-order chi connectivity index (χ0) is 33.9. The van der Waals surface area contributed by atoms with Crippen LogP contribution in [-0.4, -0.2) is 32.9 Å². The molecule has 4 aromatic carbocycles. The Morgan fingerprint density at radius 3 is 1.43 bits per heavy atom. The maximum absolute atomic E-state index is 13.4. The van der Waals surface area contributed by atoms with Crippen LogP contribution in [0.25, 0.3) is 0 Å². The third-order valence-electron chi connectivity index (χ3n) is 7.55. The van der Waals surface area contributed by atoms with Crippen LogP contribution in [0, 0.1) is 36.0 Å². The van der Waals surface area contributed by atoms with Gasteiger partial charge in [0.1, 0.15) is 29.1 Å². The van der Waals surface area contributed by atoms with Crippen molar-refractivity contribution in [2.24, 2.45) is 0 Å². The van der Waals surface area contributed by atoms with Crippen molar-refractivity contribution < 1.29 is 42.4 Å². The smallest absolute Gasteiger partial charge is 0.221 e. The number of ether oxygens (including phenoxy) is 1. The molecule has 2 aliphatic heterocycles. The maximum atomic E-state index is 13.4. The van der Waals surface area contributed by atoms with Gasteiger partial charge in [0.2, 0.25) is 6.35 Å². The summed E-state index contributed by atoms with van der Waals surface area (Å²) in [6.07, 6.45) is 5.77. The van der Waals surface area contributed by atoms with E-state index in [2.05, 4.69) is 26.0 Å². The Morgan fingerprint density at radius 2 is 1.00 bits per heavy atom. The summed E-state index contributed by atoms with van der Waals surface area (Å²) in [5, 5.41) is 0. The molecule has 0 N–H and O–H groups in total. The van der Waals surface area contributed by atoms with E-state index < -0.39 is 6.35 Å². The van der Waals surface area contributed by atoms with Crippen LogP contribution in [0.3, 0.4) is 0 Å². The van der Waals surface area contributed by atoms with Gasteiger partial charge in [0.15, 0.2) is 11.6 Å². The van der Waals surface area contributed by atoms with E-state index in [4.69, 9.17) is 4.74 Å². The monoisotopic (exact) mass is 871 g/mol. The summed E-state index contributed by atoms with van der Waals surface area (Å²) in [6, 6.07) is 25.3. The third-order valence-corrected chi connectivity index (χ3v) is 7.55. The van der Waals surface area contributed by atoms with Crippen LogP contribution < -0.4 is 19.6 Å². The van der Waals surface area contributed by atoms with Crippen molar-refractivity contribution in [1.82, 2.24) is 19.9 Å². The van der Waals surface area contributed by atoms with Gasteiger partial charge in [-0.05, 0) is 79.7 Å². The fourth-order valence-electron chi connectivity index (χ4n) is 5.39. The Labute approximate surface area is 306 Å². The summed E-state index contributed by atoms with van der Waals surface area (Å²) in [4.78, 5) is 24.8. The van der Waals surface area contributed by atoms with Crippen LogP contribution in [-0.2, 0) is 24.8 Å². The second-order valence-corrected chi connectivity index (χ2v) is 10.6. The number of fused-ring (bicyclic) bond motifs is 2. The zero-order valence-electron chi connectivity index (χ0n) is 26.2. The average molecular weight is 871 g/mol. The maximum Gasteiger partial charge on any atom is 0.221 e. The Kier molecular flexibility index (Phi) is 11.6. The fraction of sp³-hybridized carbons (Fsp3) is 0.108. The quantitative estimate of drug-likeness (QED) is 0.121. The van der Waals surface area contributed by atoms with Crippen molar-refractivity contribution in [1.29, 1.82) is 0 Å².